The van der Waals surface area contributed by atoms with Crippen molar-refractivity contribution < 1.29 is 22.7 Å². The number of amides is 1. The normalized spacial score (nSPS) is 12.5. The number of carbonyl (C=O) groups excluding carboxylic acids is 1. The smallest absolute Gasteiger partial charge is 0.255 e. The number of carbonyl (C=O) groups is 1. The van der Waals surface area contributed by atoms with Crippen molar-refractivity contribution in [2.24, 2.45) is 5.73 Å². The van der Waals surface area contributed by atoms with Crippen LogP contribution in [0.1, 0.15) is 37.9 Å². The van der Waals surface area contributed by atoms with Crippen LogP contribution in [0.4, 0.5) is 0 Å². The molecule has 9 heteroatoms. The van der Waals surface area contributed by atoms with Crippen molar-refractivity contribution in [2.45, 2.75) is 38.3 Å². The number of hydrogen-bond acceptors (Lipinski definition) is 6. The lowest BCUT2D eigenvalue weighted by Gasteiger charge is -2.19. The predicted octanol–water partition coefficient (Wildman–Crippen LogP) is 2.44. The van der Waals surface area contributed by atoms with Gasteiger partial charge in [0.25, 0.3) is 5.91 Å². The van der Waals surface area contributed by atoms with E-state index in [0.717, 1.165) is 11.1 Å². The van der Waals surface area contributed by atoms with E-state index in [1.165, 1.54) is 11.4 Å². The van der Waals surface area contributed by atoms with E-state index in [0.29, 0.717) is 36.0 Å². The number of rotatable bonds is 12. The minimum atomic E-state index is -3.46. The highest BCUT2D eigenvalue weighted by molar-refractivity contribution is 7.89. The lowest BCUT2D eigenvalue weighted by atomic mass is 10.1. The average molecular weight is 450 g/mol. The second-order valence-electron chi connectivity index (χ2n) is 7.00. The maximum Gasteiger partial charge on any atom is 0.255 e. The van der Waals surface area contributed by atoms with Crippen molar-refractivity contribution in [3.05, 3.63) is 53.6 Å². The van der Waals surface area contributed by atoms with Crippen LogP contribution in [-0.4, -0.2) is 45.4 Å². The molecular weight excluding hydrogens is 418 g/mol. The Bertz CT molecular complexity index is 973. The first kappa shape index (κ1) is 24.6. The molecule has 3 N–H and O–H groups in total. The molecule has 0 aliphatic rings. The van der Waals surface area contributed by atoms with Gasteiger partial charge in [-0.3, -0.25) is 4.79 Å². The van der Waals surface area contributed by atoms with Crippen LogP contribution < -0.4 is 20.5 Å². The van der Waals surface area contributed by atoms with Crippen molar-refractivity contribution in [3.63, 3.8) is 0 Å². The summed E-state index contributed by atoms with van der Waals surface area (Å²) in [6.45, 7) is 6.88. The SMILES string of the molecule is CCN(CC)S(=O)(=O)c1ccc([C@@H](C)NCc2ccc(OCC(N)=O)c(OC)c2)cc1. The maximum absolute atomic E-state index is 12.6. The minimum Gasteiger partial charge on any atom is -0.493 e. The van der Waals surface area contributed by atoms with E-state index in [1.807, 2.05) is 45.0 Å². The topological polar surface area (TPSA) is 111 Å². The zero-order valence-electron chi connectivity index (χ0n) is 18.4. The molecule has 170 valence electrons. The van der Waals surface area contributed by atoms with Crippen molar-refractivity contribution in [1.82, 2.24) is 9.62 Å². The van der Waals surface area contributed by atoms with E-state index in [4.69, 9.17) is 15.2 Å². The lowest BCUT2D eigenvalue weighted by molar-refractivity contribution is -0.119. The minimum absolute atomic E-state index is 0.00184. The molecule has 0 fully saturated rings. The Morgan fingerprint density at radius 1 is 1.10 bits per heavy atom. The van der Waals surface area contributed by atoms with Crippen molar-refractivity contribution >= 4 is 15.9 Å². The Balaban J connectivity index is 2.04. The molecule has 2 rings (SSSR count). The first-order valence-electron chi connectivity index (χ1n) is 10.1. The molecule has 0 saturated carbocycles. The Labute approximate surface area is 184 Å². The number of nitrogens with zero attached hydrogens (tertiary/aromatic N) is 1. The Kier molecular flexibility index (Phi) is 8.85. The molecule has 0 radical (unpaired) electrons. The zero-order valence-corrected chi connectivity index (χ0v) is 19.2. The third-order valence-corrected chi connectivity index (χ3v) is 7.00. The summed E-state index contributed by atoms with van der Waals surface area (Å²) in [5.74, 6) is 0.403. The monoisotopic (exact) mass is 449 g/mol. The van der Waals surface area contributed by atoms with E-state index in [2.05, 4.69) is 5.32 Å². The highest BCUT2D eigenvalue weighted by atomic mass is 32.2. The summed E-state index contributed by atoms with van der Waals surface area (Å²) in [6.07, 6.45) is 0. The third kappa shape index (κ3) is 6.43. The van der Waals surface area contributed by atoms with Crippen LogP contribution in [-0.2, 0) is 21.4 Å². The first-order valence-corrected chi connectivity index (χ1v) is 11.6. The predicted molar refractivity (Wildman–Crippen MR) is 119 cm³/mol. The summed E-state index contributed by atoms with van der Waals surface area (Å²) in [5.41, 5.74) is 7.06. The highest BCUT2D eigenvalue weighted by Crippen LogP contribution is 2.28. The van der Waals surface area contributed by atoms with Gasteiger partial charge in [-0.05, 0) is 42.3 Å². The molecule has 0 aromatic heterocycles. The fourth-order valence-corrected chi connectivity index (χ4v) is 4.58. The Hall–Kier alpha value is -2.62. The summed E-state index contributed by atoms with van der Waals surface area (Å²) >= 11 is 0. The summed E-state index contributed by atoms with van der Waals surface area (Å²) in [5, 5.41) is 3.41. The van der Waals surface area contributed by atoms with Crippen LogP contribution in [0.15, 0.2) is 47.4 Å². The van der Waals surface area contributed by atoms with E-state index in [9.17, 15) is 13.2 Å². The standard InChI is InChI=1S/C22H31N3O5S/c1-5-25(6-2)31(27,28)19-10-8-18(9-11-19)16(3)24-14-17-7-12-20(21(13-17)29-4)30-15-22(23)26/h7-13,16,24H,5-6,14-15H2,1-4H3,(H2,23,26)/t16-/m1/s1. The lowest BCUT2D eigenvalue weighted by Crippen LogP contribution is -2.30. The number of benzene rings is 2. The molecule has 0 saturated heterocycles. The van der Waals surface area contributed by atoms with Crippen LogP contribution in [0, 0.1) is 0 Å². The third-order valence-electron chi connectivity index (χ3n) is 4.93. The van der Waals surface area contributed by atoms with Gasteiger partial charge in [-0.2, -0.15) is 4.31 Å². The van der Waals surface area contributed by atoms with Gasteiger partial charge in [-0.15, -0.1) is 0 Å². The van der Waals surface area contributed by atoms with Gasteiger partial charge in [0.2, 0.25) is 10.0 Å². The van der Waals surface area contributed by atoms with Crippen LogP contribution in [0.2, 0.25) is 0 Å². The average Bonchev–Trinajstić information content (AvgIpc) is 2.76. The molecule has 1 amide bonds. The Morgan fingerprint density at radius 3 is 2.29 bits per heavy atom. The van der Waals surface area contributed by atoms with Gasteiger partial charge in [-0.1, -0.05) is 32.0 Å². The molecule has 0 heterocycles. The fourth-order valence-electron chi connectivity index (χ4n) is 3.12. The van der Waals surface area contributed by atoms with E-state index < -0.39 is 15.9 Å². The molecule has 31 heavy (non-hydrogen) atoms. The fraction of sp³-hybridized carbons (Fsp3) is 0.409. The van der Waals surface area contributed by atoms with Crippen LogP contribution in [0.25, 0.3) is 0 Å². The maximum atomic E-state index is 12.6. The highest BCUT2D eigenvalue weighted by Gasteiger charge is 2.21. The van der Waals surface area contributed by atoms with Crippen molar-refractivity contribution in [2.75, 3.05) is 26.8 Å². The van der Waals surface area contributed by atoms with Crippen molar-refractivity contribution in [3.8, 4) is 11.5 Å². The second kappa shape index (κ2) is 11.1. The summed E-state index contributed by atoms with van der Waals surface area (Å²) in [7, 11) is -1.93. The van der Waals surface area contributed by atoms with Gasteiger partial charge in [-0.25, -0.2) is 8.42 Å². The quantitative estimate of drug-likeness (QED) is 0.515. The van der Waals surface area contributed by atoms with Gasteiger partial charge < -0.3 is 20.5 Å². The van der Waals surface area contributed by atoms with Gasteiger partial charge in [0.1, 0.15) is 0 Å². The number of sulfonamides is 1. The number of ether oxygens (including phenoxy) is 2. The van der Waals surface area contributed by atoms with Crippen LogP contribution in [0.5, 0.6) is 11.5 Å². The van der Waals surface area contributed by atoms with Gasteiger partial charge in [0, 0.05) is 25.7 Å². The number of primary amides is 1. The molecule has 0 unspecified atom stereocenters. The number of hydrogen-bond donors (Lipinski definition) is 2. The molecule has 8 nitrogen and oxygen atoms in total. The number of nitrogens with one attached hydrogen (secondary N) is 1. The Morgan fingerprint density at radius 2 is 1.74 bits per heavy atom. The number of nitrogens with two attached hydrogens (primary N) is 1. The molecular formula is C22H31N3O5S. The van der Waals surface area contributed by atoms with Crippen molar-refractivity contribution in [1.29, 1.82) is 0 Å². The molecule has 0 spiro atoms. The van der Waals surface area contributed by atoms with E-state index in [-0.39, 0.29) is 12.6 Å². The number of methoxy groups -OCH3 is 1. The van der Waals surface area contributed by atoms with Crippen LogP contribution >= 0.6 is 0 Å². The van der Waals surface area contributed by atoms with E-state index in [1.54, 1.807) is 18.2 Å². The van der Waals surface area contributed by atoms with Crippen LogP contribution in [0.3, 0.4) is 0 Å². The first-order chi connectivity index (χ1) is 14.7. The van der Waals surface area contributed by atoms with Gasteiger partial charge in [0.15, 0.2) is 18.1 Å². The van der Waals surface area contributed by atoms with E-state index >= 15 is 0 Å². The second-order valence-corrected chi connectivity index (χ2v) is 8.94. The molecule has 2 aromatic rings. The largest absolute Gasteiger partial charge is 0.493 e. The molecule has 0 aliphatic heterocycles. The molecule has 0 aliphatic carbocycles. The molecule has 0 bridgehead atoms. The molecule has 2 aromatic carbocycles. The summed E-state index contributed by atoms with van der Waals surface area (Å²) < 4.78 is 37.3. The summed E-state index contributed by atoms with van der Waals surface area (Å²) in [4.78, 5) is 11.2. The van der Waals surface area contributed by atoms with Gasteiger partial charge >= 0.3 is 0 Å². The zero-order chi connectivity index (χ0) is 23.0. The molecule has 1 atom stereocenters. The summed E-state index contributed by atoms with van der Waals surface area (Å²) in [6, 6.07) is 12.4. The van der Waals surface area contributed by atoms with Gasteiger partial charge in [0.05, 0.1) is 12.0 Å².